The first kappa shape index (κ1) is 21.6. The number of carbonyl (C=O) groups excluding carboxylic acids is 1. The summed E-state index contributed by atoms with van der Waals surface area (Å²) in [6.45, 7) is 2.11. The van der Waals surface area contributed by atoms with E-state index < -0.39 is 18.2 Å². The van der Waals surface area contributed by atoms with Crippen LogP contribution >= 0.6 is 0 Å². The van der Waals surface area contributed by atoms with Crippen molar-refractivity contribution in [2.45, 2.75) is 76.9 Å². The minimum Gasteiger partial charge on any atom is -0.481 e. The molecule has 0 aromatic carbocycles. The number of hydrogen-bond donors (Lipinski definition) is 3. The van der Waals surface area contributed by atoms with Gasteiger partial charge in [0.25, 0.3) is 0 Å². The van der Waals surface area contributed by atoms with E-state index in [9.17, 15) is 19.8 Å². The Morgan fingerprint density at radius 1 is 1.28 bits per heavy atom. The molecule has 142 valence electrons. The predicted molar refractivity (Wildman–Crippen MR) is 97.1 cm³/mol. The van der Waals surface area contributed by atoms with Gasteiger partial charge in [-0.3, -0.25) is 9.59 Å². The monoisotopic (exact) mass is 352 g/mol. The smallest absolute Gasteiger partial charge is 0.303 e. The van der Waals surface area contributed by atoms with Gasteiger partial charge in [0.2, 0.25) is 0 Å². The molecule has 1 saturated carbocycles. The third-order valence-corrected chi connectivity index (χ3v) is 4.71. The number of allylic oxidation sites excluding steroid dienone is 2. The first-order valence-electron chi connectivity index (χ1n) is 9.39. The zero-order valence-electron chi connectivity index (χ0n) is 15.1. The van der Waals surface area contributed by atoms with Crippen LogP contribution in [-0.2, 0) is 9.59 Å². The number of hydrogen-bond acceptors (Lipinski definition) is 4. The number of unbranched alkanes of at least 4 members (excludes halogenated alkanes) is 3. The summed E-state index contributed by atoms with van der Waals surface area (Å²) < 4.78 is 0. The molecular weight excluding hydrogens is 320 g/mol. The van der Waals surface area contributed by atoms with Gasteiger partial charge in [0.05, 0.1) is 12.2 Å². The van der Waals surface area contributed by atoms with Gasteiger partial charge in [-0.15, -0.1) is 0 Å². The van der Waals surface area contributed by atoms with E-state index in [2.05, 4.69) is 6.92 Å². The maximum absolute atomic E-state index is 12.1. The first-order valence-corrected chi connectivity index (χ1v) is 9.39. The molecule has 0 unspecified atom stereocenters. The molecule has 1 rings (SSSR count). The second-order valence-electron chi connectivity index (χ2n) is 6.86. The highest BCUT2D eigenvalue weighted by molar-refractivity contribution is 5.84. The summed E-state index contributed by atoms with van der Waals surface area (Å²) >= 11 is 0. The Kier molecular flexibility index (Phi) is 10.3. The molecule has 5 heteroatoms. The van der Waals surface area contributed by atoms with E-state index >= 15 is 0 Å². The van der Waals surface area contributed by atoms with Gasteiger partial charge in [0.15, 0.2) is 0 Å². The quantitative estimate of drug-likeness (QED) is 0.370. The fraction of sp³-hybridized carbons (Fsp3) is 0.700. The Bertz CT molecular complexity index is 469. The molecule has 0 amide bonds. The fourth-order valence-corrected chi connectivity index (χ4v) is 3.22. The van der Waals surface area contributed by atoms with Crippen LogP contribution in [0.15, 0.2) is 24.3 Å². The third-order valence-electron chi connectivity index (χ3n) is 4.71. The Morgan fingerprint density at radius 3 is 2.72 bits per heavy atom. The molecule has 0 bridgehead atoms. The van der Waals surface area contributed by atoms with Crippen LogP contribution in [0.5, 0.6) is 0 Å². The van der Waals surface area contributed by atoms with Crippen LogP contribution in [-0.4, -0.2) is 39.3 Å². The SMILES string of the molecule is CCCCC[C@H](O)/C=C/[C@@H]1[C@@H](O)CC(=O)[C@@H]1C/C=C\CCCC(=O)O. The zero-order chi connectivity index (χ0) is 18.7. The minimum absolute atomic E-state index is 0.0535. The van der Waals surface area contributed by atoms with Crippen LogP contribution in [0, 0.1) is 11.8 Å². The highest BCUT2D eigenvalue weighted by Gasteiger charge is 2.39. The molecule has 0 aliphatic heterocycles. The highest BCUT2D eigenvalue weighted by Crippen LogP contribution is 2.33. The molecule has 0 heterocycles. The number of Topliss-reactive ketones (excluding diaryl/α,β-unsaturated/α-hetero) is 1. The van der Waals surface area contributed by atoms with Crippen molar-refractivity contribution in [3.05, 3.63) is 24.3 Å². The van der Waals surface area contributed by atoms with Crippen molar-refractivity contribution in [2.24, 2.45) is 11.8 Å². The number of rotatable bonds is 12. The lowest BCUT2D eigenvalue weighted by Crippen LogP contribution is -2.18. The molecule has 0 saturated heterocycles. The van der Waals surface area contributed by atoms with E-state index in [1.807, 2.05) is 12.2 Å². The van der Waals surface area contributed by atoms with Crippen molar-refractivity contribution < 1.29 is 24.9 Å². The van der Waals surface area contributed by atoms with E-state index in [0.29, 0.717) is 25.7 Å². The first-order chi connectivity index (χ1) is 12.0. The molecule has 1 fully saturated rings. The number of aliphatic hydroxyl groups excluding tert-OH is 2. The van der Waals surface area contributed by atoms with Crippen LogP contribution in [0.3, 0.4) is 0 Å². The van der Waals surface area contributed by atoms with Gasteiger partial charge in [0.1, 0.15) is 5.78 Å². The minimum atomic E-state index is -0.801. The zero-order valence-corrected chi connectivity index (χ0v) is 15.1. The van der Waals surface area contributed by atoms with Crippen LogP contribution in [0.4, 0.5) is 0 Å². The molecule has 0 radical (unpaired) electrons. The maximum atomic E-state index is 12.1. The number of aliphatic hydroxyl groups is 2. The van der Waals surface area contributed by atoms with Crippen molar-refractivity contribution in [1.29, 1.82) is 0 Å². The highest BCUT2D eigenvalue weighted by atomic mass is 16.4. The second-order valence-corrected chi connectivity index (χ2v) is 6.86. The number of carboxylic acids is 1. The second kappa shape index (κ2) is 12.0. The van der Waals surface area contributed by atoms with Gasteiger partial charge in [-0.05, 0) is 25.7 Å². The average molecular weight is 352 g/mol. The van der Waals surface area contributed by atoms with Crippen molar-refractivity contribution >= 4 is 11.8 Å². The summed E-state index contributed by atoms with van der Waals surface area (Å²) in [5, 5.41) is 28.7. The number of aliphatic carboxylic acids is 1. The summed E-state index contributed by atoms with van der Waals surface area (Å²) in [5.41, 5.74) is 0. The Labute approximate surface area is 150 Å². The summed E-state index contributed by atoms with van der Waals surface area (Å²) in [6, 6.07) is 0. The van der Waals surface area contributed by atoms with E-state index in [4.69, 9.17) is 5.11 Å². The van der Waals surface area contributed by atoms with Crippen LogP contribution in [0.25, 0.3) is 0 Å². The van der Waals surface area contributed by atoms with Gasteiger partial charge >= 0.3 is 5.97 Å². The van der Waals surface area contributed by atoms with Gasteiger partial charge in [0, 0.05) is 24.7 Å². The largest absolute Gasteiger partial charge is 0.481 e. The van der Waals surface area contributed by atoms with Gasteiger partial charge < -0.3 is 15.3 Å². The topological polar surface area (TPSA) is 94.8 Å². The number of carbonyl (C=O) groups is 2. The summed E-state index contributed by atoms with van der Waals surface area (Å²) in [7, 11) is 0. The van der Waals surface area contributed by atoms with Crippen molar-refractivity contribution in [1.82, 2.24) is 0 Å². The molecule has 0 aromatic heterocycles. The molecule has 0 aromatic rings. The molecule has 0 spiro atoms. The Morgan fingerprint density at radius 2 is 2.04 bits per heavy atom. The Balaban J connectivity index is 2.48. The summed E-state index contributed by atoms with van der Waals surface area (Å²) in [5.74, 6) is -1.26. The molecule has 3 N–H and O–H groups in total. The Hall–Kier alpha value is -1.46. The average Bonchev–Trinajstić information content (AvgIpc) is 2.82. The van der Waals surface area contributed by atoms with Crippen LogP contribution in [0.1, 0.15) is 64.7 Å². The van der Waals surface area contributed by atoms with Crippen LogP contribution < -0.4 is 0 Å². The standard InChI is InChI=1S/C20H32O5/c1-2-3-6-9-15(21)12-13-17-16(18(22)14-19(17)23)10-7-4-5-8-11-20(24)25/h4,7,12-13,15-17,19,21,23H,2-3,5-6,8-11,14H2,1H3,(H,24,25)/b7-4-,13-12+/t15-,16+,17-,19-/m0/s1. The van der Waals surface area contributed by atoms with E-state index in [0.717, 1.165) is 19.3 Å². The molecule has 4 atom stereocenters. The maximum Gasteiger partial charge on any atom is 0.303 e. The summed E-state index contributed by atoms with van der Waals surface area (Å²) in [6.07, 6.45) is 12.1. The lowest BCUT2D eigenvalue weighted by atomic mass is 9.90. The predicted octanol–water partition coefficient (Wildman–Crippen LogP) is 3.25. The number of carboxylic acid groups (broad SMARTS) is 1. The lowest BCUT2D eigenvalue weighted by molar-refractivity contribution is -0.137. The van der Waals surface area contributed by atoms with Crippen LogP contribution in [0.2, 0.25) is 0 Å². The molecular formula is C20H32O5. The van der Waals surface area contributed by atoms with Crippen molar-refractivity contribution in [2.75, 3.05) is 0 Å². The van der Waals surface area contributed by atoms with Gasteiger partial charge in [-0.2, -0.15) is 0 Å². The third kappa shape index (κ3) is 8.45. The molecule has 1 aliphatic carbocycles. The summed E-state index contributed by atoms with van der Waals surface area (Å²) in [4.78, 5) is 22.5. The molecule has 1 aliphatic rings. The molecule has 25 heavy (non-hydrogen) atoms. The van der Waals surface area contributed by atoms with E-state index in [1.54, 1.807) is 12.2 Å². The lowest BCUT2D eigenvalue weighted by Gasteiger charge is -2.16. The van der Waals surface area contributed by atoms with E-state index in [1.165, 1.54) is 0 Å². The van der Waals surface area contributed by atoms with Crippen molar-refractivity contribution in [3.8, 4) is 0 Å². The molecule has 5 nitrogen and oxygen atoms in total. The number of ketones is 1. The van der Waals surface area contributed by atoms with E-state index in [-0.39, 0.29) is 30.5 Å². The van der Waals surface area contributed by atoms with Gasteiger partial charge in [-0.1, -0.05) is 50.5 Å². The van der Waals surface area contributed by atoms with Gasteiger partial charge in [-0.25, -0.2) is 0 Å². The normalized spacial score (nSPS) is 25.2. The fourth-order valence-electron chi connectivity index (χ4n) is 3.22. The van der Waals surface area contributed by atoms with Crippen molar-refractivity contribution in [3.63, 3.8) is 0 Å².